The first kappa shape index (κ1) is 27.3. The topological polar surface area (TPSA) is 101 Å². The van der Waals surface area contributed by atoms with Crippen LogP contribution in [-0.2, 0) is 11.3 Å². The number of pyridine rings is 1. The number of aromatic nitrogens is 1. The predicted molar refractivity (Wildman–Crippen MR) is 141 cm³/mol. The number of carboxylic acids is 1. The normalized spacial score (nSPS) is 14.8. The molecule has 2 heterocycles. The number of aryl methyl sites for hydroxylation is 1. The largest absolute Gasteiger partial charge is 0.479 e. The quantitative estimate of drug-likeness (QED) is 0.418. The maximum atomic E-state index is 15.8. The molecule has 1 aliphatic heterocycles. The molecule has 2 aromatic carbocycles. The summed E-state index contributed by atoms with van der Waals surface area (Å²) in [4.78, 5) is 19.1. The monoisotopic (exact) mass is 526 g/mol. The van der Waals surface area contributed by atoms with E-state index in [0.29, 0.717) is 32.7 Å². The number of carboxylic acid groups (broad SMARTS) is 1. The van der Waals surface area contributed by atoms with Gasteiger partial charge in [-0.2, -0.15) is 13.8 Å². The van der Waals surface area contributed by atoms with Crippen LogP contribution in [0.4, 0.5) is 14.5 Å². The highest BCUT2D eigenvalue weighted by Gasteiger charge is 2.31. The van der Waals surface area contributed by atoms with E-state index in [9.17, 15) is 9.90 Å². The van der Waals surface area contributed by atoms with Crippen molar-refractivity contribution in [2.45, 2.75) is 32.9 Å². The smallest absolute Gasteiger partial charge is 0.344 e. The van der Waals surface area contributed by atoms with Gasteiger partial charge in [0.05, 0.1) is 0 Å². The number of nitrogens with zero attached hydrogens (tertiary/aromatic N) is 3. The zero-order valence-corrected chi connectivity index (χ0v) is 21.7. The van der Waals surface area contributed by atoms with Crippen LogP contribution in [0.25, 0.3) is 11.1 Å². The van der Waals surface area contributed by atoms with Gasteiger partial charge < -0.3 is 30.1 Å². The number of aliphatic carboxylic acids is 1. The van der Waals surface area contributed by atoms with Crippen LogP contribution < -0.4 is 20.1 Å². The third-order valence-electron chi connectivity index (χ3n) is 6.48. The Labute approximate surface area is 220 Å². The van der Waals surface area contributed by atoms with E-state index in [0.717, 1.165) is 22.3 Å². The Hall–Kier alpha value is -3.76. The maximum Gasteiger partial charge on any atom is 0.344 e. The van der Waals surface area contributed by atoms with Crippen LogP contribution in [0.3, 0.4) is 0 Å². The average molecular weight is 527 g/mol. The van der Waals surface area contributed by atoms with Crippen molar-refractivity contribution in [3.8, 4) is 28.6 Å². The summed E-state index contributed by atoms with van der Waals surface area (Å²) in [5.74, 6) is -4.13. The van der Waals surface area contributed by atoms with Crippen molar-refractivity contribution in [3.63, 3.8) is 0 Å². The first-order chi connectivity index (χ1) is 18.2. The summed E-state index contributed by atoms with van der Waals surface area (Å²) < 4.78 is 42.7. The Bertz CT molecular complexity index is 1310. The Morgan fingerprint density at radius 2 is 1.79 bits per heavy atom. The highest BCUT2D eigenvalue weighted by Crippen LogP contribution is 2.38. The van der Waals surface area contributed by atoms with Crippen molar-refractivity contribution >= 4 is 11.7 Å². The third-order valence-corrected chi connectivity index (χ3v) is 6.48. The summed E-state index contributed by atoms with van der Waals surface area (Å²) in [7, 11) is 1.93. The third kappa shape index (κ3) is 6.03. The van der Waals surface area contributed by atoms with Gasteiger partial charge in [0.2, 0.25) is 11.6 Å². The number of nitrogens with two attached hydrogens (primary N) is 1. The molecule has 0 bridgehead atoms. The molecular weight excluding hydrogens is 494 g/mol. The molecule has 0 unspecified atom stereocenters. The first-order valence-corrected chi connectivity index (χ1v) is 12.5. The van der Waals surface area contributed by atoms with Gasteiger partial charge in [-0.3, -0.25) is 0 Å². The Morgan fingerprint density at radius 1 is 1.08 bits per heavy atom. The van der Waals surface area contributed by atoms with Gasteiger partial charge in [0.25, 0.3) is 11.8 Å². The zero-order valence-electron chi connectivity index (χ0n) is 21.7. The minimum atomic E-state index is -1.35. The van der Waals surface area contributed by atoms with E-state index in [1.165, 1.54) is 0 Å². The van der Waals surface area contributed by atoms with Gasteiger partial charge >= 0.3 is 5.97 Å². The average Bonchev–Trinajstić information content (AvgIpc) is 2.90. The highest BCUT2D eigenvalue weighted by atomic mass is 19.1. The number of anilines is 1. The van der Waals surface area contributed by atoms with Gasteiger partial charge in [-0.15, -0.1) is 0 Å². The van der Waals surface area contributed by atoms with Crippen LogP contribution in [0.2, 0.25) is 0 Å². The van der Waals surface area contributed by atoms with Crippen molar-refractivity contribution in [2.75, 3.05) is 38.1 Å². The molecule has 1 atom stereocenters. The molecule has 4 rings (SSSR count). The molecule has 1 saturated heterocycles. The Balaban J connectivity index is 1.76. The number of hydrogen-bond acceptors (Lipinski definition) is 7. The molecule has 0 radical (unpaired) electrons. The van der Waals surface area contributed by atoms with E-state index in [4.69, 9.17) is 15.2 Å². The fourth-order valence-corrected chi connectivity index (χ4v) is 4.35. The zero-order chi connectivity index (χ0) is 27.4. The number of hydrogen-bond donors (Lipinski definition) is 2. The lowest BCUT2D eigenvalue weighted by atomic mass is 10.0. The van der Waals surface area contributed by atoms with Gasteiger partial charge in [-0.05, 0) is 60.8 Å². The minimum absolute atomic E-state index is 0.0664. The lowest BCUT2D eigenvalue weighted by Crippen LogP contribution is -2.45. The number of likely N-dealkylation sites (N-methyl/N-ethyl adjacent to an activating group) is 1. The van der Waals surface area contributed by atoms with Gasteiger partial charge in [0.15, 0.2) is 6.10 Å². The Kier molecular flexibility index (Phi) is 8.43. The summed E-state index contributed by atoms with van der Waals surface area (Å²) in [6.07, 6.45) is -1.28. The highest BCUT2D eigenvalue weighted by molar-refractivity contribution is 5.72. The summed E-state index contributed by atoms with van der Waals surface area (Å²) in [6.45, 7) is 5.80. The molecule has 3 N–H and O–H groups in total. The lowest BCUT2D eigenvalue weighted by Gasteiger charge is -2.34. The molecule has 1 aliphatic rings. The van der Waals surface area contributed by atoms with E-state index in [2.05, 4.69) is 4.98 Å². The summed E-state index contributed by atoms with van der Waals surface area (Å²) in [5, 5.41) is 9.43. The van der Waals surface area contributed by atoms with Gasteiger partial charge in [0.1, 0.15) is 11.4 Å². The second-order valence-electron chi connectivity index (χ2n) is 9.38. The molecule has 3 aromatic rings. The fourth-order valence-electron chi connectivity index (χ4n) is 4.35. The van der Waals surface area contributed by atoms with E-state index < -0.39 is 35.5 Å². The van der Waals surface area contributed by atoms with Crippen molar-refractivity contribution in [3.05, 3.63) is 65.2 Å². The molecule has 0 spiro atoms. The fraction of sp³-hybridized carbons (Fsp3) is 0.357. The first-order valence-electron chi connectivity index (χ1n) is 12.5. The van der Waals surface area contributed by atoms with Gasteiger partial charge in [-0.25, -0.2) is 4.79 Å². The van der Waals surface area contributed by atoms with Crippen molar-refractivity contribution < 1.29 is 28.2 Å². The van der Waals surface area contributed by atoms with Gasteiger partial charge in [0, 0.05) is 32.7 Å². The number of halogens is 2. The van der Waals surface area contributed by atoms with Crippen LogP contribution in [0.5, 0.6) is 17.5 Å². The Morgan fingerprint density at radius 3 is 2.45 bits per heavy atom. The standard InChI is InChI=1S/C28H32F2N4O4/c1-4-22(28(35)36)38-27-24(30)25(34-10-8-33(3)9-11-34)23(29)26(32-27)37-21-13-17(2)12-20(15-21)19-7-5-6-18(14-19)16-31/h5-7,12-15,22H,4,8-11,16,31H2,1-3H3,(H,35,36)/t22-/m1/s1. The molecule has 0 aliphatic carbocycles. The van der Waals surface area contributed by atoms with E-state index in [1.807, 2.05) is 49.2 Å². The predicted octanol–water partition coefficient (Wildman–Crippen LogP) is 4.58. The lowest BCUT2D eigenvalue weighted by molar-refractivity contribution is -0.145. The SMILES string of the molecule is CC[C@@H](Oc1nc(Oc2cc(C)cc(-c3cccc(CN)c3)c2)c(F)c(N2CCN(C)CC2)c1F)C(=O)O. The van der Waals surface area contributed by atoms with Crippen molar-refractivity contribution in [2.24, 2.45) is 5.73 Å². The van der Waals surface area contributed by atoms with Gasteiger partial charge in [-0.1, -0.05) is 31.2 Å². The van der Waals surface area contributed by atoms with Crippen LogP contribution in [-0.4, -0.2) is 60.3 Å². The van der Waals surface area contributed by atoms with E-state index in [1.54, 1.807) is 24.0 Å². The summed E-state index contributed by atoms with van der Waals surface area (Å²) in [6, 6.07) is 13.1. The number of benzene rings is 2. The second-order valence-corrected chi connectivity index (χ2v) is 9.38. The minimum Gasteiger partial charge on any atom is -0.479 e. The number of ether oxygens (including phenoxy) is 2. The van der Waals surface area contributed by atoms with Crippen LogP contribution in [0, 0.1) is 18.6 Å². The maximum absolute atomic E-state index is 15.8. The van der Waals surface area contributed by atoms with E-state index in [-0.39, 0.29) is 17.9 Å². The van der Waals surface area contributed by atoms with Crippen molar-refractivity contribution in [1.29, 1.82) is 0 Å². The van der Waals surface area contributed by atoms with Crippen molar-refractivity contribution in [1.82, 2.24) is 9.88 Å². The molecule has 10 heteroatoms. The summed E-state index contributed by atoms with van der Waals surface area (Å²) in [5.41, 5.74) is 8.98. The second kappa shape index (κ2) is 11.7. The van der Waals surface area contributed by atoms with Crippen LogP contribution in [0.1, 0.15) is 24.5 Å². The molecule has 38 heavy (non-hydrogen) atoms. The molecular formula is C28H32F2N4O4. The van der Waals surface area contributed by atoms with E-state index >= 15 is 8.78 Å². The molecule has 1 aromatic heterocycles. The molecule has 0 amide bonds. The molecule has 1 fully saturated rings. The van der Waals surface area contributed by atoms with Crippen LogP contribution >= 0.6 is 0 Å². The molecule has 202 valence electrons. The van der Waals surface area contributed by atoms with Crippen LogP contribution in [0.15, 0.2) is 42.5 Å². The molecule has 0 saturated carbocycles. The number of piperazine rings is 1. The molecule has 8 nitrogen and oxygen atoms in total. The number of carbonyl (C=O) groups is 1. The number of rotatable bonds is 9. The summed E-state index contributed by atoms with van der Waals surface area (Å²) >= 11 is 0.